The summed E-state index contributed by atoms with van der Waals surface area (Å²) < 4.78 is 10.7. The van der Waals surface area contributed by atoms with E-state index in [0.29, 0.717) is 55.8 Å². The second-order valence-electron chi connectivity index (χ2n) is 13.0. The minimum atomic E-state index is -0.189. The van der Waals surface area contributed by atoms with Crippen molar-refractivity contribution in [3.63, 3.8) is 0 Å². The molecule has 0 radical (unpaired) electrons. The maximum Gasteiger partial charge on any atom is 0.223 e. The minimum Gasteiger partial charge on any atom is -0.384 e. The molecule has 0 spiro atoms. The zero-order valence-corrected chi connectivity index (χ0v) is 31.3. The Hall–Kier alpha value is -3.99. The molecule has 2 aromatic heterocycles. The van der Waals surface area contributed by atoms with Gasteiger partial charge in [0.05, 0.1) is 43.7 Å². The fourth-order valence-electron chi connectivity index (χ4n) is 6.24. The van der Waals surface area contributed by atoms with Crippen molar-refractivity contribution >= 4 is 23.4 Å². The first-order chi connectivity index (χ1) is 24.1. The van der Waals surface area contributed by atoms with Crippen molar-refractivity contribution in [2.75, 3.05) is 34.0 Å². The fraction of sp³-hybridized carbons (Fsp3) is 0.487. The molecule has 11 heteroatoms. The molecule has 2 heterocycles. The molecule has 4 rings (SSSR count). The Kier molecular flexibility index (Phi) is 14.6. The number of methoxy groups -OCH3 is 2. The number of aromatic nitrogens is 4. The molecule has 270 valence electrons. The molecule has 3 atom stereocenters. The molecule has 2 amide bonds. The average molecular weight is 705 g/mol. The third-order valence-corrected chi connectivity index (χ3v) is 9.25. The van der Waals surface area contributed by atoms with Gasteiger partial charge in [0, 0.05) is 39.2 Å². The van der Waals surface area contributed by atoms with Crippen LogP contribution in [0, 0.1) is 5.92 Å². The van der Waals surface area contributed by atoms with Crippen LogP contribution in [0.5, 0.6) is 0 Å². The number of H-pyrrole nitrogens is 2. The number of nitrogens with zero attached hydrogens (tertiary/aromatic N) is 4. The lowest BCUT2D eigenvalue weighted by atomic mass is 10.0. The number of hydrogen-bond acceptors (Lipinski definition) is 6. The number of hydrogen-bond donors (Lipinski definition) is 2. The van der Waals surface area contributed by atoms with Gasteiger partial charge in [0.2, 0.25) is 11.8 Å². The molecule has 50 heavy (non-hydrogen) atoms. The molecule has 0 aliphatic heterocycles. The molecule has 10 nitrogen and oxygen atoms in total. The largest absolute Gasteiger partial charge is 0.384 e. The van der Waals surface area contributed by atoms with E-state index in [2.05, 4.69) is 65.2 Å². The van der Waals surface area contributed by atoms with Crippen molar-refractivity contribution in [1.29, 1.82) is 0 Å². The summed E-state index contributed by atoms with van der Waals surface area (Å²) in [7, 11) is 3.34. The maximum atomic E-state index is 13.0. The normalized spacial score (nSPS) is 13.2. The van der Waals surface area contributed by atoms with Crippen LogP contribution in [0.2, 0.25) is 5.15 Å². The Labute approximate surface area is 301 Å². The molecule has 4 aromatic rings. The van der Waals surface area contributed by atoms with E-state index in [-0.39, 0.29) is 29.8 Å². The van der Waals surface area contributed by atoms with E-state index in [1.54, 1.807) is 14.2 Å². The number of imidazole rings is 2. The van der Waals surface area contributed by atoms with Crippen LogP contribution >= 0.6 is 11.6 Å². The summed E-state index contributed by atoms with van der Waals surface area (Å²) in [6.45, 7) is 12.2. The lowest BCUT2D eigenvalue weighted by Gasteiger charge is -2.30. The van der Waals surface area contributed by atoms with Crippen molar-refractivity contribution < 1.29 is 19.1 Å². The SMILES string of the molecule is CCCC(=O)N(Cc1nc(-c2ccc(-c3ccc(-c4cnc(C(C)N(CC(C)COC)C(=O)CCC)[nH]4)cc3)cc2)c(Cl)[nH]1)C(CC)COC. The van der Waals surface area contributed by atoms with Crippen LogP contribution in [-0.4, -0.2) is 81.6 Å². The first-order valence-corrected chi connectivity index (χ1v) is 18.1. The summed E-state index contributed by atoms with van der Waals surface area (Å²) in [5.41, 5.74) is 5.57. The Morgan fingerprint density at radius 2 is 1.36 bits per heavy atom. The van der Waals surface area contributed by atoms with Crippen LogP contribution < -0.4 is 0 Å². The number of rotatable bonds is 19. The predicted molar refractivity (Wildman–Crippen MR) is 200 cm³/mol. The second kappa shape index (κ2) is 18.8. The summed E-state index contributed by atoms with van der Waals surface area (Å²) >= 11 is 6.63. The van der Waals surface area contributed by atoms with Gasteiger partial charge < -0.3 is 29.2 Å². The van der Waals surface area contributed by atoms with Gasteiger partial charge in [-0.15, -0.1) is 0 Å². The molecule has 0 saturated heterocycles. The van der Waals surface area contributed by atoms with Crippen LogP contribution in [-0.2, 0) is 25.6 Å². The van der Waals surface area contributed by atoms with Gasteiger partial charge in [-0.05, 0) is 48.8 Å². The molecule has 0 saturated carbocycles. The van der Waals surface area contributed by atoms with Crippen LogP contribution in [0.1, 0.15) is 84.4 Å². The standard InChI is InChI=1S/C39H53ClN6O4/c1-8-11-35(47)45(22-26(4)24-49-6)27(5)39-41-21-33(42-39)30-17-13-28(14-18-30)29-15-19-31(20-16-29)37-38(40)44-34(43-37)23-46(36(48)12-9-2)32(10-3)25-50-7/h13-21,26-27,32H,8-12,22-25H2,1-7H3,(H,41,42)(H,43,44). The van der Waals surface area contributed by atoms with Gasteiger partial charge in [-0.25, -0.2) is 9.97 Å². The number of benzene rings is 2. The predicted octanol–water partition coefficient (Wildman–Crippen LogP) is 8.31. The number of amides is 2. The van der Waals surface area contributed by atoms with Gasteiger partial charge in [-0.3, -0.25) is 9.59 Å². The smallest absolute Gasteiger partial charge is 0.223 e. The summed E-state index contributed by atoms with van der Waals surface area (Å²) in [6.07, 6.45) is 5.17. The number of carbonyl (C=O) groups is 2. The molecule has 0 aliphatic carbocycles. The monoisotopic (exact) mass is 704 g/mol. The van der Waals surface area contributed by atoms with Crippen molar-refractivity contribution in [3.8, 4) is 33.6 Å². The molecule has 3 unspecified atom stereocenters. The van der Waals surface area contributed by atoms with Crippen LogP contribution in [0.4, 0.5) is 0 Å². The second-order valence-corrected chi connectivity index (χ2v) is 13.4. The summed E-state index contributed by atoms with van der Waals surface area (Å²) in [5, 5.41) is 0.440. The highest BCUT2D eigenvalue weighted by atomic mass is 35.5. The van der Waals surface area contributed by atoms with E-state index < -0.39 is 0 Å². The maximum absolute atomic E-state index is 13.0. The van der Waals surface area contributed by atoms with Crippen molar-refractivity contribution in [2.45, 2.75) is 85.4 Å². The summed E-state index contributed by atoms with van der Waals surface area (Å²) in [4.78, 5) is 45.8. The topological polar surface area (TPSA) is 116 Å². The van der Waals surface area contributed by atoms with Gasteiger partial charge >= 0.3 is 0 Å². The van der Waals surface area contributed by atoms with E-state index in [4.69, 9.17) is 26.1 Å². The highest BCUT2D eigenvalue weighted by molar-refractivity contribution is 6.31. The Morgan fingerprint density at radius 1 is 0.800 bits per heavy atom. The number of carbonyl (C=O) groups excluding carboxylic acids is 2. The van der Waals surface area contributed by atoms with Crippen LogP contribution in [0.3, 0.4) is 0 Å². The summed E-state index contributed by atoms with van der Waals surface area (Å²) in [5.74, 6) is 1.82. The Morgan fingerprint density at radius 3 is 1.92 bits per heavy atom. The molecular weight excluding hydrogens is 652 g/mol. The van der Waals surface area contributed by atoms with Crippen molar-refractivity contribution in [2.24, 2.45) is 5.92 Å². The molecule has 2 N–H and O–H groups in total. The van der Waals surface area contributed by atoms with Gasteiger partial charge in [0.15, 0.2) is 0 Å². The van der Waals surface area contributed by atoms with Gasteiger partial charge in [0.1, 0.15) is 22.5 Å². The lowest BCUT2D eigenvalue weighted by Crippen LogP contribution is -2.42. The van der Waals surface area contributed by atoms with Crippen molar-refractivity contribution in [1.82, 2.24) is 29.7 Å². The van der Waals surface area contributed by atoms with E-state index in [9.17, 15) is 9.59 Å². The zero-order chi connectivity index (χ0) is 36.2. The zero-order valence-electron chi connectivity index (χ0n) is 30.6. The van der Waals surface area contributed by atoms with E-state index >= 15 is 0 Å². The number of aromatic amines is 2. The molecular formula is C39H53ClN6O4. The lowest BCUT2D eigenvalue weighted by molar-refractivity contribution is -0.136. The van der Waals surface area contributed by atoms with Crippen molar-refractivity contribution in [3.05, 3.63) is 71.5 Å². The van der Waals surface area contributed by atoms with Crippen LogP contribution in [0.25, 0.3) is 33.6 Å². The van der Waals surface area contributed by atoms with Gasteiger partial charge in [-0.1, -0.05) is 87.8 Å². The quantitative estimate of drug-likeness (QED) is 0.101. The van der Waals surface area contributed by atoms with Gasteiger partial charge in [0.25, 0.3) is 0 Å². The van der Waals surface area contributed by atoms with E-state index in [0.717, 1.165) is 53.0 Å². The molecule has 0 aliphatic rings. The first kappa shape index (κ1) is 38.8. The molecule has 0 fully saturated rings. The van der Waals surface area contributed by atoms with Gasteiger partial charge in [-0.2, -0.15) is 0 Å². The third-order valence-electron chi connectivity index (χ3n) is 8.97. The third kappa shape index (κ3) is 9.83. The fourth-order valence-corrected chi connectivity index (χ4v) is 6.50. The highest BCUT2D eigenvalue weighted by Gasteiger charge is 2.26. The minimum absolute atomic E-state index is 0.0392. The molecule has 0 bridgehead atoms. The Balaban J connectivity index is 1.47. The number of nitrogens with one attached hydrogen (secondary N) is 2. The number of halogens is 1. The first-order valence-electron chi connectivity index (χ1n) is 17.7. The van der Waals surface area contributed by atoms with E-state index in [1.807, 2.05) is 48.9 Å². The van der Waals surface area contributed by atoms with Crippen LogP contribution in [0.15, 0.2) is 54.7 Å². The highest BCUT2D eigenvalue weighted by Crippen LogP contribution is 2.31. The van der Waals surface area contributed by atoms with E-state index in [1.165, 1.54) is 0 Å². The average Bonchev–Trinajstić information content (AvgIpc) is 3.76. The summed E-state index contributed by atoms with van der Waals surface area (Å²) in [6, 6.07) is 16.2. The number of ether oxygens (including phenoxy) is 2. The Bertz CT molecular complexity index is 1650. The molecule has 2 aromatic carbocycles.